The summed E-state index contributed by atoms with van der Waals surface area (Å²) in [5, 5.41) is 13.7. The molecule has 2 aromatic rings. The maximum absolute atomic E-state index is 13.4. The number of aliphatic hydroxyl groups excluding tert-OH is 1. The van der Waals surface area contributed by atoms with Crippen LogP contribution in [0.3, 0.4) is 0 Å². The number of hydrazine groups is 2. The van der Waals surface area contributed by atoms with E-state index in [1.54, 1.807) is 17.1 Å². The van der Waals surface area contributed by atoms with Crippen molar-refractivity contribution in [3.8, 4) is 0 Å². The first-order valence-corrected chi connectivity index (χ1v) is 6.85. The van der Waals surface area contributed by atoms with Crippen LogP contribution in [0.5, 0.6) is 0 Å². The van der Waals surface area contributed by atoms with Crippen molar-refractivity contribution < 1.29 is 15.0 Å². The van der Waals surface area contributed by atoms with E-state index in [1.165, 1.54) is 17.1 Å². The van der Waals surface area contributed by atoms with E-state index in [0.29, 0.717) is 17.1 Å². The van der Waals surface area contributed by atoms with Crippen molar-refractivity contribution in [3.63, 3.8) is 0 Å². The van der Waals surface area contributed by atoms with E-state index in [0.717, 1.165) is 11.4 Å². The van der Waals surface area contributed by atoms with Crippen LogP contribution in [0, 0.1) is 5.82 Å². The number of aliphatic imine (C=N–C) groups is 1. The monoisotopic (exact) mass is 314 g/mol. The van der Waals surface area contributed by atoms with E-state index in [2.05, 4.69) is 10.5 Å². The molecule has 2 aliphatic rings. The molecule has 2 aromatic carbocycles. The maximum atomic E-state index is 13.4. The quantitative estimate of drug-likeness (QED) is 0.847. The molecular weight excluding hydrogens is 299 g/mol. The molecule has 4 N–H and O–H groups in total. The van der Waals surface area contributed by atoms with Gasteiger partial charge in [-0.05, 0) is 37.3 Å². The van der Waals surface area contributed by atoms with Crippen LogP contribution in [0.4, 0.5) is 21.5 Å². The molecule has 0 unspecified atom stereocenters. The van der Waals surface area contributed by atoms with Crippen LogP contribution >= 0.6 is 0 Å². The second-order valence-corrected chi connectivity index (χ2v) is 5.11. The van der Waals surface area contributed by atoms with E-state index in [9.17, 15) is 9.50 Å². The fourth-order valence-electron chi connectivity index (χ4n) is 2.68. The topological polar surface area (TPSA) is 82.6 Å². The molecule has 2 heterocycles. The molecule has 0 saturated carbocycles. The minimum atomic E-state index is -0.368. The summed E-state index contributed by atoms with van der Waals surface area (Å²) in [5.74, 6) is -0.380. The smallest absolute Gasteiger partial charge is 0.235 e. The summed E-state index contributed by atoms with van der Waals surface area (Å²) in [6.45, 7) is 1.82. The normalized spacial score (nSPS) is 15.8. The Morgan fingerprint density at radius 2 is 1.87 bits per heavy atom. The van der Waals surface area contributed by atoms with Gasteiger partial charge in [-0.25, -0.2) is 19.4 Å². The van der Waals surface area contributed by atoms with Gasteiger partial charge >= 0.3 is 0 Å². The third-order valence-corrected chi connectivity index (χ3v) is 3.67. The first-order valence-electron chi connectivity index (χ1n) is 6.85. The molecule has 118 valence electrons. The molecule has 23 heavy (non-hydrogen) atoms. The van der Waals surface area contributed by atoms with Crippen LogP contribution in [0.25, 0.3) is 0 Å². The van der Waals surface area contributed by atoms with Crippen LogP contribution in [0.1, 0.15) is 6.92 Å². The molecule has 7 heteroatoms. The Hall–Kier alpha value is -2.90. The minimum Gasteiger partial charge on any atom is -0.492 e. The first kappa shape index (κ1) is 15.0. The maximum Gasteiger partial charge on any atom is 0.235 e. The summed E-state index contributed by atoms with van der Waals surface area (Å²) in [4.78, 5) is 4.50. The second kappa shape index (κ2) is 5.38. The predicted molar refractivity (Wildman–Crippen MR) is 87.0 cm³/mol. The van der Waals surface area contributed by atoms with Gasteiger partial charge in [0.05, 0.1) is 22.8 Å². The average molecular weight is 314 g/mol. The number of hydrogen-bond acceptors (Lipinski definition) is 5. The standard InChI is InChI=1S/C16H13FN4O.H2O/c1-10-15-16(22)20(12-6-4-5-11(17)9-12)19-21(15)14-8-3-2-7-13(14)18-10;/h2-9,19,22H,1H3;1H2. The molecule has 0 aliphatic carbocycles. The molecule has 0 radical (unpaired) electrons. The number of allylic oxidation sites excluding steroid dienone is 1. The molecule has 0 amide bonds. The van der Waals surface area contributed by atoms with Gasteiger partial charge in [-0.1, -0.05) is 18.2 Å². The van der Waals surface area contributed by atoms with Gasteiger partial charge in [-0.2, -0.15) is 0 Å². The van der Waals surface area contributed by atoms with E-state index in [1.807, 2.05) is 31.2 Å². The lowest BCUT2D eigenvalue weighted by Crippen LogP contribution is -2.43. The Kier molecular flexibility index (Phi) is 3.51. The Morgan fingerprint density at radius 1 is 1.09 bits per heavy atom. The van der Waals surface area contributed by atoms with Crippen molar-refractivity contribution in [3.05, 3.63) is 65.9 Å². The number of hydrogen-bond donors (Lipinski definition) is 2. The zero-order chi connectivity index (χ0) is 15.3. The number of aliphatic hydroxyl groups is 1. The largest absolute Gasteiger partial charge is 0.492 e. The minimum absolute atomic E-state index is 0. The Labute approximate surface area is 132 Å². The molecule has 0 aromatic heterocycles. The SMILES string of the molecule is CC1=Nc2ccccc2N2NN(c3cccc(F)c3)C(O)=C12.O. The predicted octanol–water partition coefficient (Wildman–Crippen LogP) is 2.58. The number of nitrogens with one attached hydrogen (secondary N) is 1. The van der Waals surface area contributed by atoms with E-state index >= 15 is 0 Å². The van der Waals surface area contributed by atoms with Gasteiger partial charge in [-0.3, -0.25) is 0 Å². The number of fused-ring (bicyclic) bond motifs is 3. The van der Waals surface area contributed by atoms with Crippen molar-refractivity contribution in [1.29, 1.82) is 0 Å². The zero-order valence-corrected chi connectivity index (χ0v) is 12.3. The molecule has 2 aliphatic heterocycles. The van der Waals surface area contributed by atoms with Crippen molar-refractivity contribution in [2.75, 3.05) is 10.0 Å². The number of para-hydroxylation sites is 2. The summed E-state index contributed by atoms with van der Waals surface area (Å²) in [6.07, 6.45) is 0. The zero-order valence-electron chi connectivity index (χ0n) is 12.3. The van der Waals surface area contributed by atoms with Crippen molar-refractivity contribution >= 4 is 22.8 Å². The highest BCUT2D eigenvalue weighted by Gasteiger charge is 2.36. The van der Waals surface area contributed by atoms with Crippen LogP contribution < -0.4 is 15.6 Å². The lowest BCUT2D eigenvalue weighted by atomic mass is 10.1. The molecule has 6 nitrogen and oxygen atoms in total. The van der Waals surface area contributed by atoms with E-state index in [4.69, 9.17) is 0 Å². The number of benzene rings is 2. The van der Waals surface area contributed by atoms with Gasteiger partial charge in [0.15, 0.2) is 0 Å². The fraction of sp³-hybridized carbons (Fsp3) is 0.0625. The number of nitrogens with zero attached hydrogens (tertiary/aromatic N) is 3. The van der Waals surface area contributed by atoms with Crippen LogP contribution in [0.2, 0.25) is 0 Å². The van der Waals surface area contributed by atoms with Gasteiger partial charge in [0.2, 0.25) is 5.88 Å². The summed E-state index contributed by atoms with van der Waals surface area (Å²) >= 11 is 0. The van der Waals surface area contributed by atoms with Crippen LogP contribution in [-0.2, 0) is 0 Å². The van der Waals surface area contributed by atoms with Gasteiger partial charge < -0.3 is 10.6 Å². The Bertz CT molecular complexity index is 834. The third kappa shape index (κ3) is 2.23. The first-order chi connectivity index (χ1) is 10.6. The molecule has 0 spiro atoms. The summed E-state index contributed by atoms with van der Waals surface area (Å²) < 4.78 is 13.4. The van der Waals surface area contributed by atoms with E-state index < -0.39 is 0 Å². The van der Waals surface area contributed by atoms with Gasteiger partial charge in [-0.15, -0.1) is 5.53 Å². The molecule has 4 rings (SSSR count). The summed E-state index contributed by atoms with van der Waals surface area (Å²) in [7, 11) is 0. The van der Waals surface area contributed by atoms with Gasteiger partial charge in [0, 0.05) is 0 Å². The molecule has 0 bridgehead atoms. The Morgan fingerprint density at radius 3 is 2.65 bits per heavy atom. The Balaban J connectivity index is 0.00000156. The van der Waals surface area contributed by atoms with Gasteiger partial charge in [0.25, 0.3) is 0 Å². The van der Waals surface area contributed by atoms with Crippen LogP contribution in [0.15, 0.2) is 65.1 Å². The van der Waals surface area contributed by atoms with Crippen molar-refractivity contribution in [2.45, 2.75) is 6.92 Å². The molecule has 0 atom stereocenters. The summed E-state index contributed by atoms with van der Waals surface area (Å²) in [6, 6.07) is 13.6. The number of halogens is 1. The average Bonchev–Trinajstić information content (AvgIpc) is 2.86. The lowest BCUT2D eigenvalue weighted by molar-refractivity contribution is 0.388. The third-order valence-electron chi connectivity index (χ3n) is 3.67. The molecule has 0 saturated heterocycles. The highest BCUT2D eigenvalue weighted by atomic mass is 19.1. The van der Waals surface area contributed by atoms with E-state index in [-0.39, 0.29) is 17.2 Å². The highest BCUT2D eigenvalue weighted by molar-refractivity contribution is 6.07. The van der Waals surface area contributed by atoms with Crippen molar-refractivity contribution in [2.24, 2.45) is 4.99 Å². The summed E-state index contributed by atoms with van der Waals surface area (Å²) in [5.41, 5.74) is 6.45. The van der Waals surface area contributed by atoms with Gasteiger partial charge in [0.1, 0.15) is 11.5 Å². The number of rotatable bonds is 1. The lowest BCUT2D eigenvalue weighted by Gasteiger charge is -2.27. The highest BCUT2D eigenvalue weighted by Crippen LogP contribution is 2.39. The molecular formula is C16H15FN4O2. The second-order valence-electron chi connectivity index (χ2n) is 5.11. The number of anilines is 2. The molecule has 0 fully saturated rings. The van der Waals surface area contributed by atoms with Crippen molar-refractivity contribution in [1.82, 2.24) is 5.53 Å². The van der Waals surface area contributed by atoms with Crippen LogP contribution in [-0.4, -0.2) is 16.3 Å². The fourth-order valence-corrected chi connectivity index (χ4v) is 2.68.